The molecule has 0 saturated heterocycles. The molecule has 0 aromatic heterocycles. The number of carbonyl (C=O) groups excluding carboxylic acids is 1. The molecule has 0 spiro atoms. The van der Waals surface area contributed by atoms with Crippen molar-refractivity contribution in [2.24, 2.45) is 0 Å². The van der Waals surface area contributed by atoms with E-state index in [0.717, 1.165) is 25.0 Å². The molecule has 0 bridgehead atoms. The largest absolute Gasteiger partial charge is 0.491 e. The number of para-hydroxylation sites is 1. The third-order valence-electron chi connectivity index (χ3n) is 3.50. The topological polar surface area (TPSA) is 70.6 Å². The van der Waals surface area contributed by atoms with Gasteiger partial charge in [-0.05, 0) is 25.5 Å². The highest BCUT2D eigenvalue weighted by molar-refractivity contribution is 5.75. The first-order chi connectivity index (χ1) is 11.1. The number of rotatable bonds is 12. The van der Waals surface area contributed by atoms with Gasteiger partial charge in [-0.1, -0.05) is 38.0 Å². The fourth-order valence-electron chi connectivity index (χ4n) is 2.07. The van der Waals surface area contributed by atoms with Crippen molar-refractivity contribution in [3.63, 3.8) is 0 Å². The number of benzene rings is 1. The molecule has 23 heavy (non-hydrogen) atoms. The van der Waals surface area contributed by atoms with Crippen LogP contribution in [-0.4, -0.2) is 42.9 Å². The molecular formula is C18H30N2O3. The number of nitrogens with one attached hydrogen (secondary N) is 2. The number of hydrogen-bond acceptors (Lipinski definition) is 4. The Morgan fingerprint density at radius 1 is 1.22 bits per heavy atom. The zero-order chi connectivity index (χ0) is 16.9. The molecule has 1 rings (SSSR count). The normalized spacial score (nSPS) is 13.3. The summed E-state index contributed by atoms with van der Waals surface area (Å²) in [6, 6.07) is 9.53. The molecule has 1 amide bonds. The Labute approximate surface area is 139 Å². The van der Waals surface area contributed by atoms with E-state index in [4.69, 9.17) is 4.74 Å². The van der Waals surface area contributed by atoms with E-state index in [2.05, 4.69) is 17.6 Å². The molecule has 0 unspecified atom stereocenters. The number of carbonyl (C=O) groups is 1. The van der Waals surface area contributed by atoms with Crippen LogP contribution in [0.5, 0.6) is 5.75 Å². The van der Waals surface area contributed by atoms with Gasteiger partial charge in [0.1, 0.15) is 18.5 Å². The van der Waals surface area contributed by atoms with Crippen molar-refractivity contribution in [3.05, 3.63) is 30.3 Å². The first-order valence-corrected chi connectivity index (χ1v) is 8.47. The first kappa shape index (κ1) is 19.5. The standard InChI is InChI=1S/C18H30N2O3/c1-3-4-6-11-18(22)20-12-15(2)19-13-16(21)14-23-17-9-7-5-8-10-17/h5,7-10,15-16,19,21H,3-4,6,11-14H2,1-2H3,(H,20,22)/t15-,16-/m1/s1. The van der Waals surface area contributed by atoms with Crippen LogP contribution in [0.3, 0.4) is 0 Å². The van der Waals surface area contributed by atoms with Gasteiger partial charge in [-0.3, -0.25) is 4.79 Å². The van der Waals surface area contributed by atoms with Gasteiger partial charge < -0.3 is 20.5 Å². The van der Waals surface area contributed by atoms with E-state index in [1.807, 2.05) is 37.3 Å². The van der Waals surface area contributed by atoms with Crippen molar-refractivity contribution in [3.8, 4) is 5.75 Å². The minimum Gasteiger partial charge on any atom is -0.491 e. The van der Waals surface area contributed by atoms with E-state index in [9.17, 15) is 9.90 Å². The second kappa shape index (κ2) is 11.9. The monoisotopic (exact) mass is 322 g/mol. The molecule has 0 saturated carbocycles. The van der Waals surface area contributed by atoms with Gasteiger partial charge in [0.25, 0.3) is 0 Å². The number of unbranched alkanes of at least 4 members (excludes halogenated alkanes) is 2. The highest BCUT2D eigenvalue weighted by Crippen LogP contribution is 2.08. The van der Waals surface area contributed by atoms with Crippen LogP contribution in [0.2, 0.25) is 0 Å². The van der Waals surface area contributed by atoms with Crippen molar-refractivity contribution >= 4 is 5.91 Å². The van der Waals surface area contributed by atoms with E-state index in [0.29, 0.717) is 19.5 Å². The fourth-order valence-corrected chi connectivity index (χ4v) is 2.07. The van der Waals surface area contributed by atoms with Crippen molar-refractivity contribution in [2.45, 2.75) is 51.7 Å². The molecule has 1 aromatic carbocycles. The van der Waals surface area contributed by atoms with E-state index in [1.165, 1.54) is 0 Å². The van der Waals surface area contributed by atoms with Gasteiger partial charge in [0.05, 0.1) is 0 Å². The Kier molecular flexibility index (Phi) is 10.1. The third-order valence-corrected chi connectivity index (χ3v) is 3.50. The molecule has 1 aromatic rings. The van der Waals surface area contributed by atoms with E-state index in [1.54, 1.807) is 0 Å². The summed E-state index contributed by atoms with van der Waals surface area (Å²) in [4.78, 5) is 11.6. The van der Waals surface area contributed by atoms with Gasteiger partial charge in [0.2, 0.25) is 5.91 Å². The first-order valence-electron chi connectivity index (χ1n) is 8.47. The van der Waals surface area contributed by atoms with Crippen LogP contribution in [0.15, 0.2) is 30.3 Å². The maximum atomic E-state index is 11.6. The summed E-state index contributed by atoms with van der Waals surface area (Å²) in [6.07, 6.45) is 3.16. The lowest BCUT2D eigenvalue weighted by Crippen LogP contribution is -2.43. The Bertz CT molecular complexity index is 426. The van der Waals surface area contributed by atoms with Crippen LogP contribution in [0, 0.1) is 0 Å². The number of aliphatic hydroxyl groups excluding tert-OH is 1. The van der Waals surface area contributed by atoms with Gasteiger partial charge in [-0.25, -0.2) is 0 Å². The van der Waals surface area contributed by atoms with Gasteiger partial charge in [0.15, 0.2) is 0 Å². The second-order valence-electron chi connectivity index (χ2n) is 5.85. The molecule has 0 heterocycles. The van der Waals surface area contributed by atoms with E-state index in [-0.39, 0.29) is 18.6 Å². The van der Waals surface area contributed by atoms with Crippen molar-refractivity contribution in [1.82, 2.24) is 10.6 Å². The number of aliphatic hydroxyl groups is 1. The number of ether oxygens (including phenoxy) is 1. The molecule has 2 atom stereocenters. The van der Waals surface area contributed by atoms with Crippen LogP contribution in [0.4, 0.5) is 0 Å². The maximum Gasteiger partial charge on any atom is 0.220 e. The lowest BCUT2D eigenvalue weighted by Gasteiger charge is -2.18. The number of hydrogen-bond donors (Lipinski definition) is 3. The zero-order valence-corrected chi connectivity index (χ0v) is 14.3. The van der Waals surface area contributed by atoms with Crippen molar-refractivity contribution in [2.75, 3.05) is 19.7 Å². The summed E-state index contributed by atoms with van der Waals surface area (Å²) < 4.78 is 5.49. The highest BCUT2D eigenvalue weighted by atomic mass is 16.5. The molecule has 0 radical (unpaired) electrons. The predicted molar refractivity (Wildman–Crippen MR) is 92.6 cm³/mol. The SMILES string of the molecule is CCCCCC(=O)NC[C@@H](C)NC[C@@H](O)COc1ccccc1. The minimum atomic E-state index is -0.585. The van der Waals surface area contributed by atoms with E-state index < -0.39 is 6.10 Å². The summed E-state index contributed by atoms with van der Waals surface area (Å²) in [6.45, 7) is 5.35. The van der Waals surface area contributed by atoms with Crippen LogP contribution in [0.25, 0.3) is 0 Å². The van der Waals surface area contributed by atoms with Crippen molar-refractivity contribution < 1.29 is 14.6 Å². The average molecular weight is 322 g/mol. The Morgan fingerprint density at radius 3 is 2.65 bits per heavy atom. The Morgan fingerprint density at radius 2 is 1.96 bits per heavy atom. The summed E-state index contributed by atoms with van der Waals surface area (Å²) in [5.41, 5.74) is 0. The zero-order valence-electron chi connectivity index (χ0n) is 14.3. The molecule has 5 nitrogen and oxygen atoms in total. The lowest BCUT2D eigenvalue weighted by molar-refractivity contribution is -0.121. The number of amides is 1. The van der Waals surface area contributed by atoms with E-state index >= 15 is 0 Å². The summed E-state index contributed by atoms with van der Waals surface area (Å²) in [5, 5.41) is 16.0. The van der Waals surface area contributed by atoms with Crippen LogP contribution in [0.1, 0.15) is 39.5 Å². The minimum absolute atomic E-state index is 0.0973. The molecule has 0 aliphatic carbocycles. The van der Waals surface area contributed by atoms with Crippen LogP contribution < -0.4 is 15.4 Å². The van der Waals surface area contributed by atoms with Gasteiger partial charge in [-0.2, -0.15) is 0 Å². The maximum absolute atomic E-state index is 11.6. The molecule has 3 N–H and O–H groups in total. The average Bonchev–Trinajstić information content (AvgIpc) is 2.57. The Balaban J connectivity index is 2.08. The molecule has 0 fully saturated rings. The van der Waals surface area contributed by atoms with Gasteiger partial charge in [0, 0.05) is 25.6 Å². The van der Waals surface area contributed by atoms with Gasteiger partial charge >= 0.3 is 0 Å². The Hall–Kier alpha value is -1.59. The molecule has 0 aliphatic rings. The van der Waals surface area contributed by atoms with Crippen LogP contribution >= 0.6 is 0 Å². The van der Waals surface area contributed by atoms with Gasteiger partial charge in [-0.15, -0.1) is 0 Å². The summed E-state index contributed by atoms with van der Waals surface area (Å²) >= 11 is 0. The molecule has 5 heteroatoms. The molecule has 0 aliphatic heterocycles. The van der Waals surface area contributed by atoms with Crippen LogP contribution in [-0.2, 0) is 4.79 Å². The fraction of sp³-hybridized carbons (Fsp3) is 0.611. The molecular weight excluding hydrogens is 292 g/mol. The highest BCUT2D eigenvalue weighted by Gasteiger charge is 2.09. The third kappa shape index (κ3) is 9.92. The second-order valence-corrected chi connectivity index (χ2v) is 5.85. The predicted octanol–water partition coefficient (Wildman–Crippen LogP) is 2.10. The summed E-state index contributed by atoms with van der Waals surface area (Å²) in [7, 11) is 0. The summed E-state index contributed by atoms with van der Waals surface area (Å²) in [5.74, 6) is 0.846. The van der Waals surface area contributed by atoms with Crippen molar-refractivity contribution in [1.29, 1.82) is 0 Å². The quantitative estimate of drug-likeness (QED) is 0.515. The lowest BCUT2D eigenvalue weighted by atomic mass is 10.2. The molecule has 130 valence electrons. The smallest absolute Gasteiger partial charge is 0.220 e.